The molecule has 2 heterocycles. The zero-order valence-corrected chi connectivity index (χ0v) is 21.1. The monoisotopic (exact) mass is 494 g/mol. The van der Waals surface area contributed by atoms with E-state index in [0.717, 1.165) is 5.69 Å². The fourth-order valence-electron chi connectivity index (χ4n) is 6.78. The van der Waals surface area contributed by atoms with E-state index in [-0.39, 0.29) is 0 Å². The third-order valence-corrected chi connectivity index (χ3v) is 8.41. The Kier molecular flexibility index (Phi) is 4.08. The second-order valence-corrected chi connectivity index (χ2v) is 10.4. The van der Waals surface area contributed by atoms with Crippen LogP contribution in [0.3, 0.4) is 0 Å². The van der Waals surface area contributed by atoms with Gasteiger partial charge in [0.15, 0.2) is 0 Å². The molecule has 0 radical (unpaired) electrons. The van der Waals surface area contributed by atoms with Gasteiger partial charge in [0, 0.05) is 34.2 Å². The fourth-order valence-corrected chi connectivity index (χ4v) is 6.78. The van der Waals surface area contributed by atoms with E-state index in [1.807, 2.05) is 12.4 Å². The highest BCUT2D eigenvalue weighted by Crippen LogP contribution is 2.49. The van der Waals surface area contributed by atoms with E-state index in [1.54, 1.807) is 0 Å². The van der Waals surface area contributed by atoms with Crippen molar-refractivity contribution in [1.82, 2.24) is 9.55 Å². The molecular formula is C37H22N2. The van der Waals surface area contributed by atoms with E-state index in [0.29, 0.717) is 0 Å². The van der Waals surface area contributed by atoms with E-state index in [1.165, 1.54) is 76.7 Å². The molecule has 0 aliphatic heterocycles. The molecule has 180 valence electrons. The first-order chi connectivity index (χ1) is 19.4. The average molecular weight is 495 g/mol. The van der Waals surface area contributed by atoms with Crippen LogP contribution in [0.2, 0.25) is 0 Å². The quantitative estimate of drug-likeness (QED) is 0.234. The van der Waals surface area contributed by atoms with Gasteiger partial charge in [-0.1, -0.05) is 91.0 Å². The molecule has 0 saturated heterocycles. The smallest absolute Gasteiger partial charge is 0.0619 e. The van der Waals surface area contributed by atoms with Gasteiger partial charge in [-0.05, 0) is 79.9 Å². The van der Waals surface area contributed by atoms with E-state index in [4.69, 9.17) is 0 Å². The lowest BCUT2D eigenvalue weighted by atomic mass is 9.92. The predicted molar refractivity (Wildman–Crippen MR) is 163 cm³/mol. The van der Waals surface area contributed by atoms with Crippen molar-refractivity contribution < 1.29 is 0 Å². The van der Waals surface area contributed by atoms with Crippen molar-refractivity contribution in [3.8, 4) is 39.1 Å². The van der Waals surface area contributed by atoms with Crippen LogP contribution in [0.4, 0.5) is 0 Å². The van der Waals surface area contributed by atoms with Gasteiger partial charge in [0.05, 0.1) is 11.0 Å². The molecule has 1 aliphatic carbocycles. The molecule has 0 saturated carbocycles. The van der Waals surface area contributed by atoms with Crippen molar-refractivity contribution in [2.45, 2.75) is 0 Å². The summed E-state index contributed by atoms with van der Waals surface area (Å²) in [4.78, 5) is 4.28. The molecule has 0 unspecified atom stereocenters. The molecule has 0 N–H and O–H groups in total. The van der Waals surface area contributed by atoms with Crippen LogP contribution >= 0.6 is 0 Å². The molecule has 2 heteroatoms. The number of fused-ring (bicyclic) bond motifs is 8. The van der Waals surface area contributed by atoms with Gasteiger partial charge in [-0.15, -0.1) is 0 Å². The zero-order chi connectivity index (χ0) is 25.5. The molecule has 0 amide bonds. The SMILES string of the molecule is c1cc2c3c(cccc3c1)-c1cc(-c3cc4c5ccccc5n(-c5ccncc5)c4c4ccccc34)ccc1-2. The minimum Gasteiger partial charge on any atom is -0.309 e. The summed E-state index contributed by atoms with van der Waals surface area (Å²) in [5.41, 5.74) is 11.4. The summed E-state index contributed by atoms with van der Waals surface area (Å²) in [6.45, 7) is 0. The van der Waals surface area contributed by atoms with Crippen molar-refractivity contribution >= 4 is 43.4 Å². The summed E-state index contributed by atoms with van der Waals surface area (Å²) in [6.07, 6.45) is 3.74. The number of benzene rings is 6. The number of hydrogen-bond acceptors (Lipinski definition) is 1. The third kappa shape index (κ3) is 2.78. The Bertz CT molecular complexity index is 2270. The molecule has 0 fully saturated rings. The lowest BCUT2D eigenvalue weighted by Crippen LogP contribution is -1.95. The third-order valence-electron chi connectivity index (χ3n) is 8.41. The molecule has 0 spiro atoms. The Morgan fingerprint density at radius 1 is 0.462 bits per heavy atom. The highest BCUT2D eigenvalue weighted by Gasteiger charge is 2.23. The maximum Gasteiger partial charge on any atom is 0.0619 e. The molecule has 9 rings (SSSR count). The summed E-state index contributed by atoms with van der Waals surface area (Å²) in [7, 11) is 0. The van der Waals surface area contributed by atoms with Crippen LogP contribution < -0.4 is 0 Å². The summed E-state index contributed by atoms with van der Waals surface area (Å²) in [5.74, 6) is 0. The Morgan fingerprint density at radius 3 is 2.00 bits per heavy atom. The minimum absolute atomic E-state index is 1.12. The highest BCUT2D eigenvalue weighted by atomic mass is 15.0. The number of rotatable bonds is 2. The van der Waals surface area contributed by atoms with Crippen LogP contribution in [0, 0.1) is 0 Å². The Balaban J connectivity index is 1.38. The molecule has 1 aliphatic rings. The average Bonchev–Trinajstić information content (AvgIpc) is 3.51. The fraction of sp³-hybridized carbons (Fsp3) is 0. The lowest BCUT2D eigenvalue weighted by molar-refractivity contribution is 1.16. The lowest BCUT2D eigenvalue weighted by Gasteiger charge is -2.13. The Labute approximate surface area is 225 Å². The Morgan fingerprint density at radius 2 is 1.18 bits per heavy atom. The normalized spacial score (nSPS) is 12.1. The van der Waals surface area contributed by atoms with Gasteiger partial charge in [-0.3, -0.25) is 4.98 Å². The molecule has 6 aromatic carbocycles. The van der Waals surface area contributed by atoms with Crippen molar-refractivity contribution in [1.29, 1.82) is 0 Å². The van der Waals surface area contributed by atoms with Gasteiger partial charge >= 0.3 is 0 Å². The van der Waals surface area contributed by atoms with Gasteiger partial charge in [-0.2, -0.15) is 0 Å². The van der Waals surface area contributed by atoms with Crippen molar-refractivity contribution in [3.05, 3.63) is 134 Å². The van der Waals surface area contributed by atoms with Crippen LogP contribution in [-0.2, 0) is 0 Å². The first-order valence-corrected chi connectivity index (χ1v) is 13.4. The van der Waals surface area contributed by atoms with Crippen molar-refractivity contribution in [3.63, 3.8) is 0 Å². The number of para-hydroxylation sites is 1. The number of aromatic nitrogens is 2. The van der Waals surface area contributed by atoms with Crippen LogP contribution in [0.15, 0.2) is 134 Å². The van der Waals surface area contributed by atoms with Crippen LogP contribution in [0.5, 0.6) is 0 Å². The molecular weight excluding hydrogens is 472 g/mol. The number of nitrogens with zero attached hydrogens (tertiary/aromatic N) is 2. The van der Waals surface area contributed by atoms with E-state index >= 15 is 0 Å². The topological polar surface area (TPSA) is 17.8 Å². The number of hydrogen-bond donors (Lipinski definition) is 0. The molecule has 2 nitrogen and oxygen atoms in total. The first kappa shape index (κ1) is 20.8. The van der Waals surface area contributed by atoms with Gasteiger partial charge in [-0.25, -0.2) is 0 Å². The second-order valence-electron chi connectivity index (χ2n) is 10.4. The second kappa shape index (κ2) is 7.66. The molecule has 0 bridgehead atoms. The summed E-state index contributed by atoms with van der Waals surface area (Å²) < 4.78 is 2.39. The van der Waals surface area contributed by atoms with Gasteiger partial charge < -0.3 is 4.57 Å². The first-order valence-electron chi connectivity index (χ1n) is 13.4. The summed E-state index contributed by atoms with van der Waals surface area (Å²) in [5, 5.41) is 7.71. The predicted octanol–water partition coefficient (Wildman–Crippen LogP) is 9.80. The molecule has 8 aromatic rings. The molecule has 39 heavy (non-hydrogen) atoms. The largest absolute Gasteiger partial charge is 0.309 e. The van der Waals surface area contributed by atoms with Crippen LogP contribution in [0.1, 0.15) is 0 Å². The van der Waals surface area contributed by atoms with Crippen LogP contribution in [-0.4, -0.2) is 9.55 Å². The van der Waals surface area contributed by atoms with E-state index in [2.05, 4.69) is 131 Å². The maximum atomic E-state index is 4.28. The standard InChI is InChI=1S/C37H22N2/c1-2-11-31-26(9-1)32(22-34-28-10-3-4-14-35(28)39(37(31)34)25-17-19-38-20-18-25)24-15-16-27-29-12-5-7-23-8-6-13-30(36(23)29)33(27)21-24/h1-22H. The van der Waals surface area contributed by atoms with Gasteiger partial charge in [0.1, 0.15) is 0 Å². The zero-order valence-electron chi connectivity index (χ0n) is 21.1. The van der Waals surface area contributed by atoms with Crippen molar-refractivity contribution in [2.24, 2.45) is 0 Å². The van der Waals surface area contributed by atoms with Gasteiger partial charge in [0.2, 0.25) is 0 Å². The van der Waals surface area contributed by atoms with E-state index in [9.17, 15) is 0 Å². The van der Waals surface area contributed by atoms with E-state index < -0.39 is 0 Å². The Hall–Kier alpha value is -5.21. The minimum atomic E-state index is 1.12. The molecule has 2 aromatic heterocycles. The molecule has 0 atom stereocenters. The van der Waals surface area contributed by atoms with Crippen molar-refractivity contribution in [2.75, 3.05) is 0 Å². The summed E-state index contributed by atoms with van der Waals surface area (Å²) in [6, 6.07) is 44.5. The summed E-state index contributed by atoms with van der Waals surface area (Å²) >= 11 is 0. The van der Waals surface area contributed by atoms with Gasteiger partial charge in [0.25, 0.3) is 0 Å². The highest BCUT2D eigenvalue weighted by molar-refractivity contribution is 6.22. The van der Waals surface area contributed by atoms with Crippen LogP contribution in [0.25, 0.3) is 82.4 Å². The maximum absolute atomic E-state index is 4.28. The number of pyridine rings is 1.